The van der Waals surface area contributed by atoms with Gasteiger partial charge in [-0.25, -0.2) is 0 Å². The van der Waals surface area contributed by atoms with E-state index in [1.165, 1.54) is 0 Å². The summed E-state index contributed by atoms with van der Waals surface area (Å²) in [5.74, 6) is 0.296. The number of rotatable bonds is 5. The molecule has 1 amide bonds. The van der Waals surface area contributed by atoms with Gasteiger partial charge in [0.2, 0.25) is 0 Å². The van der Waals surface area contributed by atoms with E-state index in [2.05, 4.69) is 10.4 Å². The largest absolute Gasteiger partial charge is 0.482 e. The highest BCUT2D eigenvalue weighted by Crippen LogP contribution is 2.19. The first kappa shape index (κ1) is 12.9. The van der Waals surface area contributed by atoms with Gasteiger partial charge >= 0.3 is 0 Å². The van der Waals surface area contributed by atoms with Gasteiger partial charge in [-0.1, -0.05) is 12.1 Å². The van der Waals surface area contributed by atoms with Crippen LogP contribution in [0.4, 0.5) is 5.69 Å². The van der Waals surface area contributed by atoms with E-state index in [4.69, 9.17) is 10.5 Å². The molecule has 0 aliphatic rings. The summed E-state index contributed by atoms with van der Waals surface area (Å²) in [5, 5.41) is 6.88. The van der Waals surface area contributed by atoms with Crippen LogP contribution in [0.1, 0.15) is 5.69 Å². The minimum atomic E-state index is -0.214. The van der Waals surface area contributed by atoms with Gasteiger partial charge in [0, 0.05) is 13.2 Å². The van der Waals surface area contributed by atoms with Crippen LogP contribution in [0, 0.1) is 0 Å². The number of carbonyl (C=O) groups is 1. The second-order valence-corrected chi connectivity index (χ2v) is 4.08. The summed E-state index contributed by atoms with van der Waals surface area (Å²) in [6.45, 7) is 0.314. The van der Waals surface area contributed by atoms with Crippen molar-refractivity contribution >= 4 is 11.6 Å². The molecule has 0 fully saturated rings. The number of para-hydroxylation sites is 2. The molecule has 0 saturated heterocycles. The Morgan fingerprint density at radius 3 is 2.89 bits per heavy atom. The van der Waals surface area contributed by atoms with E-state index in [0.717, 1.165) is 5.69 Å². The first-order chi connectivity index (χ1) is 9.15. The summed E-state index contributed by atoms with van der Waals surface area (Å²) in [6.07, 6.45) is 1.82. The Hall–Kier alpha value is -2.50. The number of amides is 1. The standard InChI is InChI=1S/C13H16N4O2/c1-17-7-6-10(16-17)8-15-13(18)9-19-12-5-3-2-4-11(12)14/h2-7H,8-9,14H2,1H3,(H,15,18). The molecule has 100 valence electrons. The third kappa shape index (κ3) is 3.74. The smallest absolute Gasteiger partial charge is 0.258 e. The fourth-order valence-corrected chi connectivity index (χ4v) is 1.55. The average molecular weight is 260 g/mol. The maximum atomic E-state index is 11.6. The molecule has 6 nitrogen and oxygen atoms in total. The molecular weight excluding hydrogens is 244 g/mol. The van der Waals surface area contributed by atoms with Gasteiger partial charge in [0.1, 0.15) is 5.75 Å². The van der Waals surface area contributed by atoms with Crippen molar-refractivity contribution in [2.24, 2.45) is 7.05 Å². The van der Waals surface area contributed by atoms with Crippen LogP contribution in [0.25, 0.3) is 0 Å². The van der Waals surface area contributed by atoms with Crippen molar-refractivity contribution < 1.29 is 9.53 Å². The number of aryl methyl sites for hydroxylation is 1. The number of nitrogens with one attached hydrogen (secondary N) is 1. The molecule has 0 unspecified atom stereocenters. The lowest BCUT2D eigenvalue weighted by molar-refractivity contribution is -0.123. The second kappa shape index (κ2) is 5.90. The lowest BCUT2D eigenvalue weighted by Gasteiger charge is -2.08. The average Bonchev–Trinajstić information content (AvgIpc) is 2.81. The molecule has 0 aliphatic carbocycles. The van der Waals surface area contributed by atoms with Gasteiger partial charge < -0.3 is 15.8 Å². The Kier molecular flexibility index (Phi) is 4.02. The number of benzene rings is 1. The minimum Gasteiger partial charge on any atom is -0.482 e. The van der Waals surface area contributed by atoms with Gasteiger partial charge in [-0.05, 0) is 18.2 Å². The van der Waals surface area contributed by atoms with E-state index >= 15 is 0 Å². The Bertz CT molecular complexity index is 565. The monoisotopic (exact) mass is 260 g/mol. The number of nitrogen functional groups attached to an aromatic ring is 1. The zero-order chi connectivity index (χ0) is 13.7. The number of ether oxygens (including phenoxy) is 1. The first-order valence-corrected chi connectivity index (χ1v) is 5.87. The summed E-state index contributed by atoms with van der Waals surface area (Å²) in [4.78, 5) is 11.6. The summed E-state index contributed by atoms with van der Waals surface area (Å²) in [5.41, 5.74) is 7.02. The number of hydrogen-bond acceptors (Lipinski definition) is 4. The van der Waals surface area contributed by atoms with E-state index in [0.29, 0.717) is 18.0 Å². The van der Waals surface area contributed by atoms with Crippen molar-refractivity contribution in [3.05, 3.63) is 42.2 Å². The normalized spacial score (nSPS) is 10.2. The van der Waals surface area contributed by atoms with E-state index in [1.54, 1.807) is 22.9 Å². The molecule has 1 aromatic carbocycles. The molecule has 3 N–H and O–H groups in total. The Labute approximate surface area is 111 Å². The van der Waals surface area contributed by atoms with E-state index in [-0.39, 0.29) is 12.5 Å². The van der Waals surface area contributed by atoms with Crippen molar-refractivity contribution in [3.63, 3.8) is 0 Å². The molecule has 19 heavy (non-hydrogen) atoms. The zero-order valence-corrected chi connectivity index (χ0v) is 10.7. The van der Waals surface area contributed by atoms with Gasteiger partial charge in [-0.2, -0.15) is 5.10 Å². The summed E-state index contributed by atoms with van der Waals surface area (Å²) < 4.78 is 7.01. The van der Waals surface area contributed by atoms with Crippen LogP contribution in [0.15, 0.2) is 36.5 Å². The molecule has 1 aromatic heterocycles. The molecular formula is C13H16N4O2. The molecule has 0 radical (unpaired) electrons. The van der Waals surface area contributed by atoms with E-state index in [9.17, 15) is 4.79 Å². The van der Waals surface area contributed by atoms with Gasteiger partial charge in [-0.3, -0.25) is 9.48 Å². The number of nitrogens with zero attached hydrogens (tertiary/aromatic N) is 2. The van der Waals surface area contributed by atoms with Crippen LogP contribution in [-0.4, -0.2) is 22.3 Å². The van der Waals surface area contributed by atoms with E-state index in [1.807, 2.05) is 25.4 Å². The Morgan fingerprint density at radius 2 is 2.21 bits per heavy atom. The third-order valence-electron chi connectivity index (χ3n) is 2.51. The van der Waals surface area contributed by atoms with Crippen LogP contribution in [0.2, 0.25) is 0 Å². The molecule has 0 saturated carbocycles. The van der Waals surface area contributed by atoms with Crippen LogP contribution in [0.3, 0.4) is 0 Å². The summed E-state index contributed by atoms with van der Waals surface area (Å²) in [7, 11) is 1.83. The van der Waals surface area contributed by atoms with Crippen molar-refractivity contribution in [1.29, 1.82) is 0 Å². The van der Waals surface area contributed by atoms with Crippen LogP contribution >= 0.6 is 0 Å². The third-order valence-corrected chi connectivity index (χ3v) is 2.51. The molecule has 6 heteroatoms. The first-order valence-electron chi connectivity index (χ1n) is 5.87. The number of hydrogen-bond donors (Lipinski definition) is 2. The highest BCUT2D eigenvalue weighted by atomic mass is 16.5. The second-order valence-electron chi connectivity index (χ2n) is 4.08. The summed E-state index contributed by atoms with van der Waals surface area (Å²) >= 11 is 0. The van der Waals surface area contributed by atoms with E-state index < -0.39 is 0 Å². The summed E-state index contributed by atoms with van der Waals surface area (Å²) in [6, 6.07) is 8.90. The van der Waals surface area contributed by atoms with Crippen LogP contribution in [-0.2, 0) is 18.4 Å². The molecule has 0 bridgehead atoms. The number of anilines is 1. The van der Waals surface area contributed by atoms with Gasteiger partial charge in [0.05, 0.1) is 17.9 Å². The SMILES string of the molecule is Cn1ccc(CNC(=O)COc2ccccc2N)n1. The Morgan fingerprint density at radius 1 is 1.42 bits per heavy atom. The quantitative estimate of drug-likeness (QED) is 0.775. The predicted octanol–water partition coefficient (Wildman–Crippen LogP) is 0.697. The number of carbonyl (C=O) groups excluding carboxylic acids is 1. The molecule has 0 atom stereocenters. The van der Waals surface area contributed by atoms with Crippen LogP contribution < -0.4 is 15.8 Å². The van der Waals surface area contributed by atoms with Gasteiger partial charge in [-0.15, -0.1) is 0 Å². The predicted molar refractivity (Wildman–Crippen MR) is 71.4 cm³/mol. The molecule has 0 spiro atoms. The topological polar surface area (TPSA) is 82.2 Å². The maximum absolute atomic E-state index is 11.6. The van der Waals surface area contributed by atoms with Crippen molar-refractivity contribution in [1.82, 2.24) is 15.1 Å². The number of nitrogens with two attached hydrogens (primary N) is 1. The molecule has 2 aromatic rings. The maximum Gasteiger partial charge on any atom is 0.258 e. The highest BCUT2D eigenvalue weighted by molar-refractivity contribution is 5.77. The van der Waals surface area contributed by atoms with Gasteiger partial charge in [0.25, 0.3) is 5.91 Å². The lowest BCUT2D eigenvalue weighted by Crippen LogP contribution is -2.28. The van der Waals surface area contributed by atoms with Crippen molar-refractivity contribution in [2.75, 3.05) is 12.3 Å². The fraction of sp³-hybridized carbons (Fsp3) is 0.231. The fourth-order valence-electron chi connectivity index (χ4n) is 1.55. The number of aromatic nitrogens is 2. The minimum absolute atomic E-state index is 0.0684. The zero-order valence-electron chi connectivity index (χ0n) is 10.7. The van der Waals surface area contributed by atoms with Gasteiger partial charge in [0.15, 0.2) is 6.61 Å². The molecule has 0 aliphatic heterocycles. The molecule has 1 heterocycles. The van der Waals surface area contributed by atoms with Crippen molar-refractivity contribution in [2.45, 2.75) is 6.54 Å². The highest BCUT2D eigenvalue weighted by Gasteiger charge is 2.05. The molecule has 2 rings (SSSR count). The van der Waals surface area contributed by atoms with Crippen LogP contribution in [0.5, 0.6) is 5.75 Å². The Balaban J connectivity index is 1.77. The lowest BCUT2D eigenvalue weighted by atomic mass is 10.3. The van der Waals surface area contributed by atoms with Crippen molar-refractivity contribution in [3.8, 4) is 5.75 Å².